The van der Waals surface area contributed by atoms with Gasteiger partial charge in [0.05, 0.1) is 24.7 Å². The molecule has 0 saturated heterocycles. The van der Waals surface area contributed by atoms with Gasteiger partial charge < -0.3 is 23.4 Å². The predicted octanol–water partition coefficient (Wildman–Crippen LogP) is 3.75. The van der Waals surface area contributed by atoms with Crippen molar-refractivity contribution in [3.8, 4) is 22.6 Å². The first kappa shape index (κ1) is 22.6. The van der Waals surface area contributed by atoms with Gasteiger partial charge in [-0.05, 0) is 36.8 Å². The number of hydrogen-bond donors (Lipinski definition) is 0. The predicted molar refractivity (Wildman–Crippen MR) is 117 cm³/mol. The molecule has 0 saturated carbocycles. The minimum Gasteiger partial charge on any atom is -0.497 e. The summed E-state index contributed by atoms with van der Waals surface area (Å²) in [7, 11) is 1.53. The van der Waals surface area contributed by atoms with E-state index in [0.29, 0.717) is 11.3 Å². The Kier molecular flexibility index (Phi) is 7.28. The molecule has 0 radical (unpaired) electrons. The van der Waals surface area contributed by atoms with E-state index < -0.39 is 17.4 Å². The summed E-state index contributed by atoms with van der Waals surface area (Å²) in [6, 6.07) is 11.1. The van der Waals surface area contributed by atoms with Crippen LogP contribution in [0.5, 0.6) is 11.5 Å². The summed E-state index contributed by atoms with van der Waals surface area (Å²) in [5, 5.41) is 0.241. The van der Waals surface area contributed by atoms with Crippen LogP contribution in [-0.2, 0) is 14.3 Å². The van der Waals surface area contributed by atoms with Crippen LogP contribution >= 0.6 is 0 Å². The van der Waals surface area contributed by atoms with E-state index in [1.807, 2.05) is 0 Å². The van der Waals surface area contributed by atoms with E-state index in [2.05, 4.69) is 6.58 Å². The number of methoxy groups -OCH3 is 1. The summed E-state index contributed by atoms with van der Waals surface area (Å²) < 4.78 is 26.3. The molecule has 0 fully saturated rings. The van der Waals surface area contributed by atoms with Gasteiger partial charge in [-0.15, -0.1) is 0 Å². The Morgan fingerprint density at radius 3 is 2.44 bits per heavy atom. The van der Waals surface area contributed by atoms with E-state index in [4.69, 9.17) is 23.4 Å². The van der Waals surface area contributed by atoms with Gasteiger partial charge in [0.1, 0.15) is 23.7 Å². The summed E-state index contributed by atoms with van der Waals surface area (Å²) in [5.74, 6) is -0.699. The summed E-state index contributed by atoms with van der Waals surface area (Å²) in [6.45, 7) is 4.97. The highest BCUT2D eigenvalue weighted by Crippen LogP contribution is 2.28. The van der Waals surface area contributed by atoms with Crippen molar-refractivity contribution in [3.63, 3.8) is 0 Å². The number of carbonyl (C=O) groups is 2. The molecule has 8 heteroatoms. The smallest absolute Gasteiger partial charge is 0.375 e. The third-order valence-corrected chi connectivity index (χ3v) is 4.42. The van der Waals surface area contributed by atoms with Crippen LogP contribution in [-0.4, -0.2) is 38.9 Å². The van der Waals surface area contributed by atoms with Crippen molar-refractivity contribution < 1.29 is 33.0 Å². The number of hydrogen-bond acceptors (Lipinski definition) is 8. The van der Waals surface area contributed by atoms with Crippen LogP contribution < -0.4 is 14.9 Å². The molecule has 32 heavy (non-hydrogen) atoms. The molecule has 3 aromatic rings. The molecule has 0 bridgehead atoms. The van der Waals surface area contributed by atoms with Crippen molar-refractivity contribution in [1.82, 2.24) is 0 Å². The first-order chi connectivity index (χ1) is 15.5. The molecular formula is C24H22O8. The molecule has 0 aliphatic rings. The lowest BCUT2D eigenvalue weighted by molar-refractivity contribution is -0.144. The van der Waals surface area contributed by atoms with Gasteiger partial charge in [0, 0.05) is 6.07 Å². The van der Waals surface area contributed by atoms with E-state index >= 15 is 0 Å². The molecule has 2 aromatic carbocycles. The van der Waals surface area contributed by atoms with Crippen molar-refractivity contribution >= 4 is 22.9 Å². The molecule has 0 aliphatic heterocycles. The summed E-state index contributed by atoms with van der Waals surface area (Å²) >= 11 is 0. The number of benzene rings is 2. The highest BCUT2D eigenvalue weighted by atomic mass is 16.6. The van der Waals surface area contributed by atoms with E-state index in [9.17, 15) is 14.4 Å². The summed E-state index contributed by atoms with van der Waals surface area (Å²) in [5.41, 5.74) is 0.277. The van der Waals surface area contributed by atoms with Crippen molar-refractivity contribution in [3.05, 3.63) is 71.1 Å². The monoisotopic (exact) mass is 438 g/mol. The van der Waals surface area contributed by atoms with Crippen molar-refractivity contribution in [2.45, 2.75) is 6.92 Å². The molecule has 0 aliphatic carbocycles. The molecule has 0 unspecified atom stereocenters. The molecule has 1 aromatic heterocycles. The Morgan fingerprint density at radius 2 is 1.78 bits per heavy atom. The van der Waals surface area contributed by atoms with Crippen LogP contribution in [0.1, 0.15) is 17.5 Å². The second kappa shape index (κ2) is 10.3. The maximum absolute atomic E-state index is 13.3. The van der Waals surface area contributed by atoms with Gasteiger partial charge in [-0.2, -0.15) is 0 Å². The Labute approximate surface area is 184 Å². The molecule has 1 heterocycles. The summed E-state index contributed by atoms with van der Waals surface area (Å²) in [6.07, 6.45) is 1.44. The first-order valence-electron chi connectivity index (χ1n) is 9.80. The van der Waals surface area contributed by atoms with Gasteiger partial charge in [-0.3, -0.25) is 4.79 Å². The molecule has 166 valence electrons. The maximum atomic E-state index is 13.3. The Morgan fingerprint density at radius 1 is 1.06 bits per heavy atom. The van der Waals surface area contributed by atoms with Gasteiger partial charge in [-0.1, -0.05) is 24.8 Å². The second-order valence-corrected chi connectivity index (χ2v) is 6.50. The third kappa shape index (κ3) is 4.97. The largest absolute Gasteiger partial charge is 0.497 e. The lowest BCUT2D eigenvalue weighted by atomic mass is 10.0. The fourth-order valence-corrected chi connectivity index (χ4v) is 2.96. The minimum atomic E-state index is -0.767. The van der Waals surface area contributed by atoms with E-state index in [0.717, 1.165) is 0 Å². The van der Waals surface area contributed by atoms with Crippen LogP contribution in [0.25, 0.3) is 22.1 Å². The van der Waals surface area contributed by atoms with Gasteiger partial charge in [-0.25, -0.2) is 9.59 Å². The Hall–Kier alpha value is -4.07. The average molecular weight is 438 g/mol. The molecular weight excluding hydrogens is 416 g/mol. The average Bonchev–Trinajstić information content (AvgIpc) is 2.81. The molecule has 3 rings (SSSR count). The van der Waals surface area contributed by atoms with E-state index in [-0.39, 0.29) is 47.9 Å². The van der Waals surface area contributed by atoms with Gasteiger partial charge in [0.15, 0.2) is 6.61 Å². The lowest BCUT2D eigenvalue weighted by Gasteiger charge is -2.11. The highest BCUT2D eigenvalue weighted by molar-refractivity contribution is 5.97. The zero-order valence-electron chi connectivity index (χ0n) is 17.7. The zero-order valence-corrected chi connectivity index (χ0v) is 17.7. The fraction of sp³-hybridized carbons (Fsp3) is 0.208. The van der Waals surface area contributed by atoms with Crippen LogP contribution in [0.2, 0.25) is 0 Å². The second-order valence-electron chi connectivity index (χ2n) is 6.50. The normalized spacial score (nSPS) is 10.4. The quantitative estimate of drug-likeness (QED) is 0.368. The van der Waals surface area contributed by atoms with Gasteiger partial charge in [0.25, 0.3) is 0 Å². The van der Waals surface area contributed by atoms with E-state index in [1.165, 1.54) is 31.4 Å². The minimum absolute atomic E-state index is 0.0752. The number of rotatable bonds is 9. The highest BCUT2D eigenvalue weighted by Gasteiger charge is 2.23. The Bertz CT molecular complexity index is 1190. The van der Waals surface area contributed by atoms with Crippen LogP contribution in [0.15, 0.2) is 64.3 Å². The van der Waals surface area contributed by atoms with Crippen LogP contribution in [0, 0.1) is 0 Å². The topological polar surface area (TPSA) is 101 Å². The van der Waals surface area contributed by atoms with Crippen molar-refractivity contribution in [2.24, 2.45) is 0 Å². The van der Waals surface area contributed by atoms with Crippen LogP contribution in [0.3, 0.4) is 0 Å². The van der Waals surface area contributed by atoms with E-state index in [1.54, 1.807) is 31.2 Å². The zero-order chi connectivity index (χ0) is 23.1. The van der Waals surface area contributed by atoms with Gasteiger partial charge in [0.2, 0.25) is 11.2 Å². The standard InChI is InChI=1S/C24H22O8/c1-4-12-30-20(25)14-31-17-10-11-18-19(13-17)32-23(24(27)29-5-2)21(22(18)26)15-6-8-16(28-3)9-7-15/h4,6-11,13H,1,5,12,14H2,2-3H3. The van der Waals surface area contributed by atoms with Crippen LogP contribution in [0.4, 0.5) is 0 Å². The van der Waals surface area contributed by atoms with Gasteiger partial charge >= 0.3 is 11.9 Å². The molecule has 8 nitrogen and oxygen atoms in total. The first-order valence-corrected chi connectivity index (χ1v) is 9.80. The fourth-order valence-electron chi connectivity index (χ4n) is 2.96. The lowest BCUT2D eigenvalue weighted by Crippen LogP contribution is -2.16. The molecule has 0 amide bonds. The molecule has 0 atom stereocenters. The summed E-state index contributed by atoms with van der Waals surface area (Å²) in [4.78, 5) is 37.5. The van der Waals surface area contributed by atoms with Crippen molar-refractivity contribution in [1.29, 1.82) is 0 Å². The Balaban J connectivity index is 2.05. The molecule has 0 N–H and O–H groups in total. The SMILES string of the molecule is C=CCOC(=O)COc1ccc2c(=O)c(-c3ccc(OC)cc3)c(C(=O)OCC)oc2c1. The number of fused-ring (bicyclic) bond motifs is 1. The number of esters is 2. The molecule has 0 spiro atoms. The number of carbonyl (C=O) groups excluding carboxylic acids is 2. The van der Waals surface area contributed by atoms with Crippen molar-refractivity contribution in [2.75, 3.05) is 26.9 Å². The third-order valence-electron chi connectivity index (χ3n) is 4.42. The maximum Gasteiger partial charge on any atom is 0.375 e. The number of ether oxygens (including phenoxy) is 4.